The summed E-state index contributed by atoms with van der Waals surface area (Å²) >= 11 is 0. The molecule has 0 amide bonds. The molecule has 0 atom stereocenters. The summed E-state index contributed by atoms with van der Waals surface area (Å²) in [5, 5.41) is 13.5. The van der Waals surface area contributed by atoms with Crippen LogP contribution in [0.4, 0.5) is 0 Å². The van der Waals surface area contributed by atoms with Gasteiger partial charge in [0.25, 0.3) is 5.56 Å². The third-order valence-corrected chi connectivity index (χ3v) is 5.38. The van der Waals surface area contributed by atoms with Gasteiger partial charge in [-0.3, -0.25) is 9.59 Å². The van der Waals surface area contributed by atoms with Crippen molar-refractivity contribution in [3.8, 4) is 6.07 Å². The number of ketones is 1. The lowest BCUT2D eigenvalue weighted by atomic mass is 10.1. The largest absolute Gasteiger partial charge is 0.348 e. The summed E-state index contributed by atoms with van der Waals surface area (Å²) in [6.07, 6.45) is 0.870. The Kier molecular flexibility index (Phi) is 5.79. The molecule has 0 unspecified atom stereocenters. The van der Waals surface area contributed by atoms with Crippen molar-refractivity contribution in [2.45, 2.75) is 47.2 Å². The lowest BCUT2D eigenvalue weighted by Gasteiger charge is -2.11. The Bertz CT molecular complexity index is 1160. The molecule has 0 spiro atoms. The van der Waals surface area contributed by atoms with Gasteiger partial charge in [0.15, 0.2) is 5.78 Å². The van der Waals surface area contributed by atoms with E-state index in [9.17, 15) is 14.9 Å². The number of benzene rings is 1. The number of hydrogen-bond donors (Lipinski definition) is 0. The molecule has 0 bridgehead atoms. The summed E-state index contributed by atoms with van der Waals surface area (Å²) in [5.41, 5.74) is 4.34. The fourth-order valence-corrected chi connectivity index (χ4v) is 3.54. The number of aryl methyl sites for hydroxylation is 3. The van der Waals surface area contributed by atoms with E-state index in [-0.39, 0.29) is 17.9 Å². The number of rotatable bonds is 6. The maximum atomic E-state index is 12.9. The molecule has 0 N–H and O–H groups in total. The topological polar surface area (TPSA) is 80.7 Å². The molecule has 0 aliphatic carbocycles. The average Bonchev–Trinajstić information content (AvgIpc) is 2.99. The maximum Gasteiger partial charge on any atom is 0.285 e. The number of carbonyl (C=O) groups excluding carboxylic acids is 1. The van der Waals surface area contributed by atoms with Gasteiger partial charge in [0.1, 0.15) is 18.2 Å². The molecule has 2 heterocycles. The van der Waals surface area contributed by atoms with Crippen LogP contribution in [0.15, 0.2) is 41.2 Å². The number of nitrogens with zero attached hydrogens (tertiary/aromatic N) is 4. The first-order valence-electron chi connectivity index (χ1n) is 9.55. The third kappa shape index (κ3) is 4.04. The zero-order chi connectivity index (χ0) is 21.1. The van der Waals surface area contributed by atoms with Crippen LogP contribution in [0.25, 0.3) is 0 Å². The van der Waals surface area contributed by atoms with E-state index in [1.165, 1.54) is 5.56 Å². The number of aromatic nitrogens is 3. The molecule has 0 saturated heterocycles. The van der Waals surface area contributed by atoms with Gasteiger partial charge in [-0.25, -0.2) is 4.68 Å². The molecule has 3 aromatic rings. The highest BCUT2D eigenvalue weighted by Gasteiger charge is 2.19. The predicted octanol–water partition coefficient (Wildman–Crippen LogP) is 3.28. The van der Waals surface area contributed by atoms with Gasteiger partial charge in [0.2, 0.25) is 0 Å². The molecular weight excluding hydrogens is 364 g/mol. The smallest absolute Gasteiger partial charge is 0.285 e. The van der Waals surface area contributed by atoms with Gasteiger partial charge in [-0.05, 0) is 51.3 Å². The highest BCUT2D eigenvalue weighted by Crippen LogP contribution is 2.17. The minimum Gasteiger partial charge on any atom is -0.348 e. The molecule has 0 aliphatic heterocycles. The van der Waals surface area contributed by atoms with E-state index in [1.807, 2.05) is 44.2 Å². The molecule has 0 aliphatic rings. The molecule has 0 radical (unpaired) electrons. The van der Waals surface area contributed by atoms with Crippen LogP contribution in [0.5, 0.6) is 0 Å². The summed E-state index contributed by atoms with van der Waals surface area (Å²) < 4.78 is 3.22. The molecule has 1 aromatic carbocycles. The Morgan fingerprint density at radius 2 is 1.83 bits per heavy atom. The summed E-state index contributed by atoms with van der Waals surface area (Å²) in [5.74, 6) is -0.189. The van der Waals surface area contributed by atoms with Gasteiger partial charge in [0, 0.05) is 23.5 Å². The second-order valence-corrected chi connectivity index (χ2v) is 7.26. The van der Waals surface area contributed by atoms with Crippen molar-refractivity contribution in [2.24, 2.45) is 0 Å². The van der Waals surface area contributed by atoms with Crippen LogP contribution in [0.2, 0.25) is 0 Å². The highest BCUT2D eigenvalue weighted by molar-refractivity contribution is 5.97. The predicted molar refractivity (Wildman–Crippen MR) is 111 cm³/mol. The molecule has 2 aromatic heterocycles. The highest BCUT2D eigenvalue weighted by atomic mass is 16.1. The van der Waals surface area contributed by atoms with E-state index < -0.39 is 5.56 Å². The van der Waals surface area contributed by atoms with E-state index in [0.29, 0.717) is 16.8 Å². The zero-order valence-electron chi connectivity index (χ0n) is 17.2. The molecule has 0 fully saturated rings. The minimum atomic E-state index is -0.526. The van der Waals surface area contributed by atoms with Crippen LogP contribution in [-0.2, 0) is 19.5 Å². The van der Waals surface area contributed by atoms with E-state index in [0.717, 1.165) is 29.0 Å². The van der Waals surface area contributed by atoms with Gasteiger partial charge in [-0.15, -0.1) is 0 Å². The second-order valence-electron chi connectivity index (χ2n) is 7.26. The SMILES string of the molecule is Cc1nn(CC(=O)c2cc(C)n(CCc3ccccc3)c2C)c(=O)c(C#N)c1C. The van der Waals surface area contributed by atoms with Crippen molar-refractivity contribution in [1.82, 2.24) is 14.3 Å². The standard InChI is InChI=1S/C23H24N4O2/c1-15-12-20(18(4)26(15)11-10-19-8-6-5-7-9-19)22(28)14-27-23(29)21(13-24)16(2)17(3)25-27/h5-9,12H,10-11,14H2,1-4H3. The van der Waals surface area contributed by atoms with Crippen LogP contribution in [0, 0.1) is 39.0 Å². The van der Waals surface area contributed by atoms with Crippen LogP contribution in [-0.4, -0.2) is 20.1 Å². The van der Waals surface area contributed by atoms with Crippen LogP contribution < -0.4 is 5.56 Å². The molecule has 6 nitrogen and oxygen atoms in total. The summed E-state index contributed by atoms with van der Waals surface area (Å²) in [4.78, 5) is 25.4. The minimum absolute atomic E-state index is 0.0404. The number of carbonyl (C=O) groups is 1. The van der Waals surface area contributed by atoms with Crippen LogP contribution >= 0.6 is 0 Å². The van der Waals surface area contributed by atoms with Crippen molar-refractivity contribution in [3.63, 3.8) is 0 Å². The first kappa shape index (κ1) is 20.3. The molecular formula is C23H24N4O2. The maximum absolute atomic E-state index is 12.9. The lowest BCUT2D eigenvalue weighted by Crippen LogP contribution is -2.30. The Morgan fingerprint density at radius 1 is 1.14 bits per heavy atom. The Balaban J connectivity index is 1.85. The fourth-order valence-electron chi connectivity index (χ4n) is 3.54. The van der Waals surface area contributed by atoms with Crippen molar-refractivity contribution in [2.75, 3.05) is 0 Å². The van der Waals surface area contributed by atoms with Crippen molar-refractivity contribution in [3.05, 3.63) is 86.1 Å². The molecule has 148 valence electrons. The molecule has 6 heteroatoms. The van der Waals surface area contributed by atoms with E-state index in [4.69, 9.17) is 0 Å². The second kappa shape index (κ2) is 8.27. The van der Waals surface area contributed by atoms with Crippen molar-refractivity contribution in [1.29, 1.82) is 5.26 Å². The van der Waals surface area contributed by atoms with Crippen LogP contribution in [0.1, 0.15) is 44.1 Å². The van der Waals surface area contributed by atoms with Gasteiger partial charge in [-0.1, -0.05) is 30.3 Å². The molecule has 0 saturated carbocycles. The van der Waals surface area contributed by atoms with Crippen LogP contribution in [0.3, 0.4) is 0 Å². The van der Waals surface area contributed by atoms with Gasteiger partial charge < -0.3 is 4.57 Å². The summed E-state index contributed by atoms with van der Waals surface area (Å²) in [6, 6.07) is 14.0. The number of hydrogen-bond acceptors (Lipinski definition) is 4. The summed E-state index contributed by atoms with van der Waals surface area (Å²) in [6.45, 7) is 7.90. The van der Waals surface area contributed by atoms with Crippen molar-refractivity contribution >= 4 is 5.78 Å². The van der Waals surface area contributed by atoms with Gasteiger partial charge in [0.05, 0.1) is 5.69 Å². The Hall–Kier alpha value is -3.46. The fraction of sp³-hybridized carbons (Fsp3) is 0.304. The molecule has 3 rings (SSSR count). The number of Topliss-reactive ketones (excluding diaryl/α,β-unsaturated/α-hetero) is 1. The monoisotopic (exact) mass is 388 g/mol. The summed E-state index contributed by atoms with van der Waals surface area (Å²) in [7, 11) is 0. The quantitative estimate of drug-likeness (QED) is 0.607. The lowest BCUT2D eigenvalue weighted by molar-refractivity contribution is 0.0964. The Labute approximate surface area is 170 Å². The molecule has 29 heavy (non-hydrogen) atoms. The van der Waals surface area contributed by atoms with E-state index >= 15 is 0 Å². The van der Waals surface area contributed by atoms with E-state index in [2.05, 4.69) is 21.8 Å². The normalized spacial score (nSPS) is 10.7. The number of nitriles is 1. The zero-order valence-corrected chi connectivity index (χ0v) is 17.2. The first-order valence-corrected chi connectivity index (χ1v) is 9.55. The third-order valence-electron chi connectivity index (χ3n) is 5.38. The van der Waals surface area contributed by atoms with Gasteiger partial charge >= 0.3 is 0 Å². The Morgan fingerprint density at radius 3 is 2.48 bits per heavy atom. The van der Waals surface area contributed by atoms with Crippen molar-refractivity contribution < 1.29 is 4.79 Å². The van der Waals surface area contributed by atoms with Gasteiger partial charge in [-0.2, -0.15) is 10.4 Å². The first-order chi connectivity index (χ1) is 13.8. The van der Waals surface area contributed by atoms with E-state index in [1.54, 1.807) is 13.8 Å². The average molecular weight is 388 g/mol.